The van der Waals surface area contributed by atoms with Gasteiger partial charge < -0.3 is 4.18 Å². The molecule has 0 N–H and O–H groups in total. The minimum Gasteiger partial charge on any atom is -0.375 e. The average Bonchev–Trinajstić information content (AvgIpc) is 2.37. The number of halogens is 3. The molecule has 0 spiro atoms. The number of hydrogen-bond acceptors (Lipinski definition) is 5. The molecule has 2 rings (SSSR count). The van der Waals surface area contributed by atoms with Crippen LogP contribution in [0.15, 0.2) is 36.7 Å². The fourth-order valence-corrected chi connectivity index (χ4v) is 1.99. The minimum atomic E-state index is -5.74. The molecule has 0 aliphatic carbocycles. The highest BCUT2D eigenvalue weighted by molar-refractivity contribution is 7.88. The molecule has 0 aliphatic heterocycles. The van der Waals surface area contributed by atoms with Crippen molar-refractivity contribution in [3.63, 3.8) is 0 Å². The lowest BCUT2D eigenvalue weighted by molar-refractivity contribution is -0.0499. The van der Waals surface area contributed by atoms with Crippen LogP contribution in [0.5, 0.6) is 5.75 Å². The first-order valence-corrected chi connectivity index (χ1v) is 7.00. The molecule has 0 aliphatic rings. The Balaban J connectivity index is 2.48. The van der Waals surface area contributed by atoms with E-state index in [1.54, 1.807) is 6.92 Å². The number of rotatable bonds is 3. The summed E-state index contributed by atoms with van der Waals surface area (Å²) in [5.41, 5.74) is -4.66. The van der Waals surface area contributed by atoms with Crippen LogP contribution in [-0.2, 0) is 10.1 Å². The molecule has 1 aromatic heterocycles. The van der Waals surface area contributed by atoms with Crippen LogP contribution < -0.4 is 4.18 Å². The maximum Gasteiger partial charge on any atom is 0.534 e. The van der Waals surface area contributed by atoms with Gasteiger partial charge in [0.1, 0.15) is 0 Å². The van der Waals surface area contributed by atoms with Gasteiger partial charge in [-0.25, -0.2) is 4.98 Å². The molecule has 0 bridgehead atoms. The smallest absolute Gasteiger partial charge is 0.375 e. The number of hydrogen-bond donors (Lipinski definition) is 0. The second kappa shape index (κ2) is 5.32. The van der Waals surface area contributed by atoms with E-state index < -0.39 is 21.4 Å². The van der Waals surface area contributed by atoms with Crippen molar-refractivity contribution in [3.8, 4) is 17.0 Å². The molecular weight excluding hydrogens is 309 g/mol. The lowest BCUT2D eigenvalue weighted by Gasteiger charge is -2.12. The molecular formula is C12H9F3N2O3S. The highest BCUT2D eigenvalue weighted by Gasteiger charge is 2.48. The average molecular weight is 318 g/mol. The quantitative estimate of drug-likeness (QED) is 0.643. The van der Waals surface area contributed by atoms with E-state index in [-0.39, 0.29) is 11.3 Å². The van der Waals surface area contributed by atoms with Crippen LogP contribution in [-0.4, -0.2) is 23.9 Å². The second-order valence-electron chi connectivity index (χ2n) is 4.03. The van der Waals surface area contributed by atoms with Gasteiger partial charge in [0, 0.05) is 11.8 Å². The minimum absolute atomic E-state index is 0.0986. The largest absolute Gasteiger partial charge is 0.534 e. The van der Waals surface area contributed by atoms with Crippen molar-refractivity contribution >= 4 is 10.1 Å². The van der Waals surface area contributed by atoms with Gasteiger partial charge >= 0.3 is 15.6 Å². The molecule has 0 atom stereocenters. The van der Waals surface area contributed by atoms with Gasteiger partial charge in [-0.15, -0.1) is 0 Å². The number of aryl methyl sites for hydroxylation is 1. The van der Waals surface area contributed by atoms with Gasteiger partial charge in [-0.2, -0.15) is 21.6 Å². The molecule has 2 aromatic rings. The maximum absolute atomic E-state index is 12.4. The third-order valence-corrected chi connectivity index (χ3v) is 3.37. The van der Waals surface area contributed by atoms with Gasteiger partial charge in [0.15, 0.2) is 5.75 Å². The number of alkyl halides is 3. The van der Waals surface area contributed by atoms with Gasteiger partial charge in [0.05, 0.1) is 17.6 Å². The highest BCUT2D eigenvalue weighted by atomic mass is 32.2. The molecule has 0 fully saturated rings. The van der Waals surface area contributed by atoms with E-state index >= 15 is 0 Å². The Bertz CT molecular complexity index is 760. The van der Waals surface area contributed by atoms with Crippen molar-refractivity contribution in [2.75, 3.05) is 0 Å². The zero-order chi connectivity index (χ0) is 15.7. The van der Waals surface area contributed by atoms with E-state index in [4.69, 9.17) is 0 Å². The Labute approximate surface area is 118 Å². The van der Waals surface area contributed by atoms with Gasteiger partial charge in [0.2, 0.25) is 0 Å². The predicted molar refractivity (Wildman–Crippen MR) is 67.8 cm³/mol. The number of nitrogens with zero attached hydrogens (tertiary/aromatic N) is 2. The third-order valence-electron chi connectivity index (χ3n) is 2.40. The van der Waals surface area contributed by atoms with E-state index in [9.17, 15) is 21.6 Å². The molecule has 1 heterocycles. The fourth-order valence-electron chi connectivity index (χ4n) is 1.51. The molecule has 0 saturated heterocycles. The van der Waals surface area contributed by atoms with Gasteiger partial charge in [0.25, 0.3) is 0 Å². The van der Waals surface area contributed by atoms with Crippen LogP contribution in [0.2, 0.25) is 0 Å². The summed E-state index contributed by atoms with van der Waals surface area (Å²) in [5, 5.41) is 0. The Morgan fingerprint density at radius 1 is 1.14 bits per heavy atom. The second-order valence-corrected chi connectivity index (χ2v) is 5.56. The number of aromatic nitrogens is 2. The van der Waals surface area contributed by atoms with E-state index in [2.05, 4.69) is 14.2 Å². The number of para-hydroxylation sites is 1. The SMILES string of the molecule is Cc1cncc(-c2ccccc2OS(=O)(=O)C(F)(F)F)n1. The Morgan fingerprint density at radius 3 is 2.43 bits per heavy atom. The lowest BCUT2D eigenvalue weighted by Crippen LogP contribution is -2.28. The topological polar surface area (TPSA) is 69.2 Å². The van der Waals surface area contributed by atoms with Crippen LogP contribution in [0.4, 0.5) is 13.2 Å². The first-order valence-electron chi connectivity index (χ1n) is 5.59. The van der Waals surface area contributed by atoms with Crippen molar-refractivity contribution in [1.29, 1.82) is 0 Å². The summed E-state index contributed by atoms with van der Waals surface area (Å²) in [5.74, 6) is -0.463. The van der Waals surface area contributed by atoms with Gasteiger partial charge in [-0.05, 0) is 19.1 Å². The summed E-state index contributed by atoms with van der Waals surface area (Å²) in [4.78, 5) is 7.93. The number of benzene rings is 1. The molecule has 0 unspecified atom stereocenters. The van der Waals surface area contributed by atoms with Crippen molar-refractivity contribution in [2.24, 2.45) is 0 Å². The van der Waals surface area contributed by atoms with Crippen LogP contribution >= 0.6 is 0 Å². The summed E-state index contributed by atoms with van der Waals surface area (Å²) < 4.78 is 63.5. The zero-order valence-electron chi connectivity index (χ0n) is 10.6. The molecule has 5 nitrogen and oxygen atoms in total. The molecule has 9 heteroatoms. The maximum atomic E-state index is 12.4. The summed E-state index contributed by atoms with van der Waals surface area (Å²) in [6.45, 7) is 1.65. The van der Waals surface area contributed by atoms with E-state index in [1.807, 2.05) is 0 Å². The van der Waals surface area contributed by atoms with E-state index in [1.165, 1.54) is 30.6 Å². The third kappa shape index (κ3) is 3.30. The molecule has 21 heavy (non-hydrogen) atoms. The Hall–Kier alpha value is -2.16. The molecule has 0 amide bonds. The highest BCUT2D eigenvalue weighted by Crippen LogP contribution is 2.33. The van der Waals surface area contributed by atoms with Crippen molar-refractivity contribution < 1.29 is 25.8 Å². The summed E-state index contributed by atoms with van der Waals surface area (Å²) in [7, 11) is -5.74. The predicted octanol–water partition coefficient (Wildman–Crippen LogP) is 2.68. The Morgan fingerprint density at radius 2 is 1.81 bits per heavy atom. The molecule has 0 radical (unpaired) electrons. The van der Waals surface area contributed by atoms with E-state index in [0.29, 0.717) is 5.69 Å². The normalized spacial score (nSPS) is 12.2. The standard InChI is InChI=1S/C12H9F3N2O3S/c1-8-6-16-7-10(17-8)9-4-2-3-5-11(9)20-21(18,19)12(13,14)15/h2-7H,1H3. The summed E-state index contributed by atoms with van der Waals surface area (Å²) >= 11 is 0. The van der Waals surface area contributed by atoms with Crippen LogP contribution in [0.1, 0.15) is 5.69 Å². The lowest BCUT2D eigenvalue weighted by atomic mass is 10.1. The molecule has 1 aromatic carbocycles. The molecule has 0 saturated carbocycles. The monoisotopic (exact) mass is 318 g/mol. The van der Waals surface area contributed by atoms with E-state index in [0.717, 1.165) is 6.07 Å². The fraction of sp³-hybridized carbons (Fsp3) is 0.167. The summed E-state index contributed by atoms with van der Waals surface area (Å²) in [6, 6.07) is 5.38. The zero-order valence-corrected chi connectivity index (χ0v) is 11.4. The van der Waals surface area contributed by atoms with Crippen molar-refractivity contribution in [3.05, 3.63) is 42.4 Å². The van der Waals surface area contributed by atoms with Crippen molar-refractivity contribution in [1.82, 2.24) is 9.97 Å². The Kier molecular flexibility index (Phi) is 3.86. The van der Waals surface area contributed by atoms with Gasteiger partial charge in [-0.1, -0.05) is 12.1 Å². The van der Waals surface area contributed by atoms with Gasteiger partial charge in [-0.3, -0.25) is 4.98 Å². The first-order chi connectivity index (χ1) is 9.71. The van der Waals surface area contributed by atoms with Crippen LogP contribution in [0.3, 0.4) is 0 Å². The summed E-state index contributed by atoms with van der Waals surface area (Å²) in [6.07, 6.45) is 2.76. The van der Waals surface area contributed by atoms with Crippen LogP contribution in [0, 0.1) is 6.92 Å². The van der Waals surface area contributed by atoms with Crippen molar-refractivity contribution in [2.45, 2.75) is 12.4 Å². The van der Waals surface area contributed by atoms with Crippen LogP contribution in [0.25, 0.3) is 11.3 Å². The molecule has 112 valence electrons. The first kappa shape index (κ1) is 15.2.